The van der Waals surface area contributed by atoms with Gasteiger partial charge in [-0.15, -0.1) is 0 Å². The van der Waals surface area contributed by atoms with E-state index in [9.17, 15) is 4.79 Å². The van der Waals surface area contributed by atoms with E-state index in [2.05, 4.69) is 17.0 Å². The third-order valence-electron chi connectivity index (χ3n) is 1.62. The summed E-state index contributed by atoms with van der Waals surface area (Å²) in [6.45, 7) is 2.07. The molecule has 0 radical (unpaired) electrons. The van der Waals surface area contributed by atoms with Crippen molar-refractivity contribution in [1.82, 2.24) is 5.32 Å². The molecule has 1 aliphatic rings. The molecule has 0 aromatic carbocycles. The second-order valence-electron chi connectivity index (χ2n) is 2.68. The van der Waals surface area contributed by atoms with E-state index in [1.807, 2.05) is 0 Å². The van der Waals surface area contributed by atoms with Crippen molar-refractivity contribution in [1.29, 1.82) is 0 Å². The van der Waals surface area contributed by atoms with Crippen molar-refractivity contribution >= 4 is 17.7 Å². The summed E-state index contributed by atoms with van der Waals surface area (Å²) in [4.78, 5) is 11.0. The predicted octanol–water partition coefficient (Wildman–Crippen LogP) is 0.253. The van der Waals surface area contributed by atoms with Crippen molar-refractivity contribution in [3.05, 3.63) is 0 Å². The fourth-order valence-electron chi connectivity index (χ4n) is 1.08. The van der Waals surface area contributed by atoms with Gasteiger partial charge in [0.25, 0.3) is 0 Å². The number of nitrogens with one attached hydrogen (secondary N) is 1. The predicted molar refractivity (Wildman–Crippen MR) is 45.7 cm³/mol. The summed E-state index contributed by atoms with van der Waals surface area (Å²) < 4.78 is 4.62. The lowest BCUT2D eigenvalue weighted by molar-refractivity contribution is -0.142. The Hall–Kier alpha value is -0.220. The number of carbonyl (C=O) groups excluding carboxylic acids is 1. The fourth-order valence-corrected chi connectivity index (χ4v) is 2.13. The van der Waals surface area contributed by atoms with Gasteiger partial charge in [-0.05, 0) is 6.92 Å². The lowest BCUT2D eigenvalue weighted by atomic mass is 10.3. The largest absolute Gasteiger partial charge is 0.468 e. The van der Waals surface area contributed by atoms with Crippen LogP contribution in [0.25, 0.3) is 0 Å². The van der Waals surface area contributed by atoms with Gasteiger partial charge in [-0.3, -0.25) is 4.79 Å². The number of rotatable bonds is 1. The number of esters is 1. The Morgan fingerprint density at radius 2 is 2.36 bits per heavy atom. The molecule has 1 aliphatic heterocycles. The lowest BCUT2D eigenvalue weighted by Gasteiger charge is -2.26. The van der Waals surface area contributed by atoms with Gasteiger partial charge in [0.05, 0.1) is 7.11 Å². The molecule has 0 amide bonds. The van der Waals surface area contributed by atoms with Crippen LogP contribution in [0, 0.1) is 0 Å². The number of hydrogen-bond donors (Lipinski definition) is 1. The molecule has 64 valence electrons. The van der Waals surface area contributed by atoms with E-state index in [0.29, 0.717) is 6.04 Å². The third-order valence-corrected chi connectivity index (χ3v) is 2.93. The monoisotopic (exact) mass is 175 g/mol. The van der Waals surface area contributed by atoms with Crippen LogP contribution in [-0.4, -0.2) is 36.7 Å². The van der Waals surface area contributed by atoms with Crippen LogP contribution in [0.15, 0.2) is 0 Å². The normalized spacial score (nSPS) is 31.5. The molecule has 1 N–H and O–H groups in total. The van der Waals surface area contributed by atoms with E-state index in [1.54, 1.807) is 11.8 Å². The minimum Gasteiger partial charge on any atom is -0.468 e. The van der Waals surface area contributed by atoms with Crippen LogP contribution in [0.3, 0.4) is 0 Å². The fraction of sp³-hybridized carbons (Fsp3) is 0.857. The Bertz CT molecular complexity index is 151. The number of thioether (sulfide) groups is 1. The number of hydrogen-bond acceptors (Lipinski definition) is 4. The molecule has 0 bridgehead atoms. The van der Waals surface area contributed by atoms with E-state index in [-0.39, 0.29) is 12.0 Å². The summed E-state index contributed by atoms with van der Waals surface area (Å²) in [5.74, 6) is 1.76. The molecule has 0 aromatic rings. The molecule has 0 aliphatic carbocycles. The summed E-state index contributed by atoms with van der Waals surface area (Å²) in [5.41, 5.74) is 0. The standard InChI is InChI=1S/C7H13NO2S/c1-5-3-11-4-6(8-5)7(9)10-2/h5-6,8H,3-4H2,1-2H3/t5-,6-/m1/s1. The van der Waals surface area contributed by atoms with E-state index < -0.39 is 0 Å². The molecule has 0 aromatic heterocycles. The number of methoxy groups -OCH3 is 1. The molecule has 2 atom stereocenters. The van der Waals surface area contributed by atoms with Gasteiger partial charge in [-0.1, -0.05) is 0 Å². The van der Waals surface area contributed by atoms with Crippen molar-refractivity contribution < 1.29 is 9.53 Å². The first kappa shape index (κ1) is 8.87. The second kappa shape index (κ2) is 3.97. The Balaban J connectivity index is 2.39. The van der Waals surface area contributed by atoms with E-state index >= 15 is 0 Å². The van der Waals surface area contributed by atoms with Gasteiger partial charge in [0.1, 0.15) is 6.04 Å². The Kier molecular flexibility index (Phi) is 3.20. The molecule has 0 saturated carbocycles. The zero-order valence-electron chi connectivity index (χ0n) is 6.79. The summed E-state index contributed by atoms with van der Waals surface area (Å²) in [7, 11) is 1.42. The molecule has 4 heteroatoms. The van der Waals surface area contributed by atoms with E-state index in [1.165, 1.54) is 7.11 Å². The van der Waals surface area contributed by atoms with Crippen LogP contribution in [0.1, 0.15) is 6.92 Å². The maximum Gasteiger partial charge on any atom is 0.323 e. The zero-order chi connectivity index (χ0) is 8.27. The first-order valence-electron chi connectivity index (χ1n) is 3.65. The molecule has 1 heterocycles. The SMILES string of the molecule is COC(=O)[C@H]1CSC[C@@H](C)N1. The summed E-state index contributed by atoms with van der Waals surface area (Å²) >= 11 is 1.79. The molecule has 11 heavy (non-hydrogen) atoms. The molecular formula is C7H13NO2S. The third kappa shape index (κ3) is 2.38. The molecule has 0 spiro atoms. The highest BCUT2D eigenvalue weighted by Crippen LogP contribution is 2.12. The van der Waals surface area contributed by atoms with Gasteiger partial charge in [0, 0.05) is 17.5 Å². The maximum atomic E-state index is 11.0. The van der Waals surface area contributed by atoms with Crippen LogP contribution in [0.5, 0.6) is 0 Å². The molecule has 1 fully saturated rings. The Morgan fingerprint density at radius 3 is 2.91 bits per heavy atom. The van der Waals surface area contributed by atoms with Crippen LogP contribution in [0.2, 0.25) is 0 Å². The molecular weight excluding hydrogens is 162 g/mol. The highest BCUT2D eigenvalue weighted by Gasteiger charge is 2.24. The lowest BCUT2D eigenvalue weighted by Crippen LogP contribution is -2.48. The molecule has 0 unspecified atom stereocenters. The minimum absolute atomic E-state index is 0.103. The minimum atomic E-state index is -0.149. The van der Waals surface area contributed by atoms with Crippen molar-refractivity contribution in [2.75, 3.05) is 18.6 Å². The summed E-state index contributed by atoms with van der Waals surface area (Å²) in [5, 5.41) is 3.17. The summed E-state index contributed by atoms with van der Waals surface area (Å²) in [6, 6.07) is 0.312. The highest BCUT2D eigenvalue weighted by molar-refractivity contribution is 7.99. The quantitative estimate of drug-likeness (QED) is 0.580. The highest BCUT2D eigenvalue weighted by atomic mass is 32.2. The number of ether oxygens (including phenoxy) is 1. The van der Waals surface area contributed by atoms with Crippen LogP contribution < -0.4 is 5.32 Å². The van der Waals surface area contributed by atoms with Crippen LogP contribution >= 0.6 is 11.8 Å². The Labute approximate surface area is 70.9 Å². The van der Waals surface area contributed by atoms with E-state index in [0.717, 1.165) is 11.5 Å². The topological polar surface area (TPSA) is 38.3 Å². The van der Waals surface area contributed by atoms with Gasteiger partial charge in [-0.25, -0.2) is 0 Å². The van der Waals surface area contributed by atoms with Gasteiger partial charge < -0.3 is 10.1 Å². The summed E-state index contributed by atoms with van der Waals surface area (Å²) in [6.07, 6.45) is 0. The van der Waals surface area contributed by atoms with Crippen molar-refractivity contribution in [2.24, 2.45) is 0 Å². The van der Waals surface area contributed by atoms with Gasteiger partial charge >= 0.3 is 5.97 Å². The average molecular weight is 175 g/mol. The van der Waals surface area contributed by atoms with Crippen molar-refractivity contribution in [3.8, 4) is 0 Å². The molecule has 1 saturated heterocycles. The van der Waals surface area contributed by atoms with Crippen molar-refractivity contribution in [3.63, 3.8) is 0 Å². The second-order valence-corrected chi connectivity index (χ2v) is 3.76. The van der Waals surface area contributed by atoms with Gasteiger partial charge in [-0.2, -0.15) is 11.8 Å². The number of carbonyl (C=O) groups is 1. The van der Waals surface area contributed by atoms with E-state index in [4.69, 9.17) is 0 Å². The first-order valence-corrected chi connectivity index (χ1v) is 4.81. The molecule has 3 nitrogen and oxygen atoms in total. The smallest absolute Gasteiger partial charge is 0.323 e. The van der Waals surface area contributed by atoms with Gasteiger partial charge in [0.15, 0.2) is 0 Å². The Morgan fingerprint density at radius 1 is 1.64 bits per heavy atom. The first-order chi connectivity index (χ1) is 5.24. The zero-order valence-corrected chi connectivity index (χ0v) is 7.61. The van der Waals surface area contributed by atoms with Crippen LogP contribution in [-0.2, 0) is 9.53 Å². The molecule has 1 rings (SSSR count). The van der Waals surface area contributed by atoms with Crippen LogP contribution in [0.4, 0.5) is 0 Å². The van der Waals surface area contributed by atoms with Gasteiger partial charge in [0.2, 0.25) is 0 Å². The average Bonchev–Trinajstić information content (AvgIpc) is 2.03. The maximum absolute atomic E-state index is 11.0. The van der Waals surface area contributed by atoms with Crippen molar-refractivity contribution in [2.45, 2.75) is 19.0 Å².